The Labute approximate surface area is 124 Å². The lowest BCUT2D eigenvalue weighted by atomic mass is 10.2. The molecule has 1 N–H and O–H groups in total. The van der Waals surface area contributed by atoms with Gasteiger partial charge in [-0.15, -0.1) is 11.3 Å². The van der Waals surface area contributed by atoms with Gasteiger partial charge in [0.2, 0.25) is 0 Å². The largest absolute Gasteiger partial charge is 0.490 e. The topological polar surface area (TPSA) is 38.7 Å². The molecule has 1 aromatic carbocycles. The van der Waals surface area contributed by atoms with E-state index in [1.807, 2.05) is 36.6 Å². The van der Waals surface area contributed by atoms with Crippen molar-refractivity contribution in [1.82, 2.24) is 0 Å². The van der Waals surface area contributed by atoms with Crippen LogP contribution in [0, 0.1) is 0 Å². The van der Waals surface area contributed by atoms with Gasteiger partial charge in [-0.3, -0.25) is 0 Å². The van der Waals surface area contributed by atoms with Crippen molar-refractivity contribution in [3.63, 3.8) is 0 Å². The van der Waals surface area contributed by atoms with Gasteiger partial charge in [-0.1, -0.05) is 6.07 Å². The highest BCUT2D eigenvalue weighted by Gasteiger charge is 2.07. The number of rotatable bonds is 6. The predicted molar refractivity (Wildman–Crippen MR) is 79.9 cm³/mol. The molecule has 1 heterocycles. The van der Waals surface area contributed by atoms with Gasteiger partial charge in [0.1, 0.15) is 6.61 Å². The van der Waals surface area contributed by atoms with Crippen LogP contribution >= 0.6 is 27.3 Å². The van der Waals surface area contributed by atoms with Gasteiger partial charge < -0.3 is 14.6 Å². The van der Waals surface area contributed by atoms with Gasteiger partial charge >= 0.3 is 0 Å². The molecule has 0 saturated carbocycles. The van der Waals surface area contributed by atoms with E-state index in [1.54, 1.807) is 11.3 Å². The lowest BCUT2D eigenvalue weighted by Crippen LogP contribution is -1.99. The fourth-order valence-corrected chi connectivity index (χ4v) is 2.98. The lowest BCUT2D eigenvalue weighted by Gasteiger charge is -2.12. The average molecular weight is 343 g/mol. The first-order valence-electron chi connectivity index (χ1n) is 5.95. The molecule has 2 aromatic rings. The number of hydrogen-bond donors (Lipinski definition) is 1. The summed E-state index contributed by atoms with van der Waals surface area (Å²) in [7, 11) is 0. The Hall–Kier alpha value is -1.04. The predicted octanol–water partition coefficient (Wildman–Crippen LogP) is 3.98. The maximum atomic E-state index is 9.13. The maximum Gasteiger partial charge on any atom is 0.161 e. The third-order valence-electron chi connectivity index (χ3n) is 2.48. The van der Waals surface area contributed by atoms with Crippen molar-refractivity contribution >= 4 is 27.3 Å². The smallest absolute Gasteiger partial charge is 0.161 e. The minimum atomic E-state index is -0.00176. The molecule has 0 bridgehead atoms. The number of ether oxygens (including phenoxy) is 2. The number of benzene rings is 1. The monoisotopic (exact) mass is 342 g/mol. The van der Waals surface area contributed by atoms with Crippen molar-refractivity contribution in [1.29, 1.82) is 0 Å². The molecule has 0 fully saturated rings. The van der Waals surface area contributed by atoms with E-state index < -0.39 is 0 Å². The van der Waals surface area contributed by atoms with E-state index in [4.69, 9.17) is 14.6 Å². The molecular formula is C14H15BrO3S. The number of aliphatic hydroxyl groups is 1. The van der Waals surface area contributed by atoms with E-state index in [0.717, 1.165) is 14.9 Å². The standard InChI is InChI=1S/C14H15BrO3S/c1-2-17-14-5-10(7-16)3-4-13(14)18-8-12-6-11(15)9-19-12/h3-6,9,16H,2,7-8H2,1H3. The minimum Gasteiger partial charge on any atom is -0.490 e. The quantitative estimate of drug-likeness (QED) is 0.862. The zero-order chi connectivity index (χ0) is 13.7. The third-order valence-corrected chi connectivity index (χ3v) is 4.15. The first-order chi connectivity index (χ1) is 9.22. The van der Waals surface area contributed by atoms with Crippen LogP contribution in [0.1, 0.15) is 17.4 Å². The average Bonchev–Trinajstić information content (AvgIpc) is 2.83. The summed E-state index contributed by atoms with van der Waals surface area (Å²) in [5.74, 6) is 1.37. The highest BCUT2D eigenvalue weighted by Crippen LogP contribution is 2.30. The Morgan fingerprint density at radius 1 is 1.21 bits per heavy atom. The first kappa shape index (κ1) is 14.4. The molecule has 0 aliphatic heterocycles. The van der Waals surface area contributed by atoms with Gasteiger partial charge in [0.25, 0.3) is 0 Å². The van der Waals surface area contributed by atoms with E-state index in [9.17, 15) is 0 Å². The van der Waals surface area contributed by atoms with Gasteiger partial charge in [0, 0.05) is 14.7 Å². The van der Waals surface area contributed by atoms with Crippen LogP contribution in [-0.4, -0.2) is 11.7 Å². The Kier molecular flexibility index (Phi) is 5.24. The summed E-state index contributed by atoms with van der Waals surface area (Å²) in [5.41, 5.74) is 0.815. The van der Waals surface area contributed by atoms with Crippen LogP contribution in [0.4, 0.5) is 0 Å². The van der Waals surface area contributed by atoms with Crippen LogP contribution in [0.3, 0.4) is 0 Å². The number of hydrogen-bond acceptors (Lipinski definition) is 4. The Morgan fingerprint density at radius 2 is 2.05 bits per heavy atom. The molecule has 0 saturated heterocycles. The summed E-state index contributed by atoms with van der Waals surface area (Å²) in [6.07, 6.45) is 0. The Morgan fingerprint density at radius 3 is 2.68 bits per heavy atom. The zero-order valence-electron chi connectivity index (χ0n) is 10.6. The van der Waals surface area contributed by atoms with Crippen LogP contribution in [0.2, 0.25) is 0 Å². The molecule has 0 unspecified atom stereocenters. The van der Waals surface area contributed by atoms with Gasteiger partial charge in [0.15, 0.2) is 11.5 Å². The van der Waals surface area contributed by atoms with Gasteiger partial charge in [-0.2, -0.15) is 0 Å². The van der Waals surface area contributed by atoms with E-state index in [-0.39, 0.29) is 6.61 Å². The number of thiophene rings is 1. The second-order valence-electron chi connectivity index (χ2n) is 3.89. The van der Waals surface area contributed by atoms with Crippen molar-refractivity contribution in [2.75, 3.05) is 6.61 Å². The molecule has 102 valence electrons. The molecule has 0 spiro atoms. The molecule has 0 radical (unpaired) electrons. The molecule has 0 aliphatic rings. The molecular weight excluding hydrogens is 328 g/mol. The molecule has 2 rings (SSSR count). The molecule has 3 nitrogen and oxygen atoms in total. The maximum absolute atomic E-state index is 9.13. The SMILES string of the molecule is CCOc1cc(CO)ccc1OCc1cc(Br)cs1. The van der Waals surface area contributed by atoms with Crippen molar-refractivity contribution in [3.05, 3.63) is 44.6 Å². The van der Waals surface area contributed by atoms with E-state index in [0.29, 0.717) is 24.7 Å². The summed E-state index contributed by atoms with van der Waals surface area (Å²) in [4.78, 5) is 1.14. The Balaban J connectivity index is 2.10. The van der Waals surface area contributed by atoms with Crippen LogP contribution < -0.4 is 9.47 Å². The van der Waals surface area contributed by atoms with Crippen LogP contribution in [-0.2, 0) is 13.2 Å². The molecule has 0 amide bonds. The van der Waals surface area contributed by atoms with Crippen LogP contribution in [0.25, 0.3) is 0 Å². The highest BCUT2D eigenvalue weighted by molar-refractivity contribution is 9.10. The Bertz CT molecular complexity index is 539. The third kappa shape index (κ3) is 3.96. The van der Waals surface area contributed by atoms with Crippen molar-refractivity contribution in [2.45, 2.75) is 20.1 Å². The molecule has 19 heavy (non-hydrogen) atoms. The molecule has 5 heteroatoms. The van der Waals surface area contributed by atoms with Crippen molar-refractivity contribution in [2.24, 2.45) is 0 Å². The second kappa shape index (κ2) is 6.93. The summed E-state index contributed by atoms with van der Waals surface area (Å²) in [5, 5.41) is 11.2. The molecule has 0 atom stereocenters. The van der Waals surface area contributed by atoms with Crippen molar-refractivity contribution < 1.29 is 14.6 Å². The number of aliphatic hydroxyl groups excluding tert-OH is 1. The van der Waals surface area contributed by atoms with Gasteiger partial charge in [0.05, 0.1) is 13.2 Å². The van der Waals surface area contributed by atoms with E-state index >= 15 is 0 Å². The van der Waals surface area contributed by atoms with Crippen molar-refractivity contribution in [3.8, 4) is 11.5 Å². The fraction of sp³-hybridized carbons (Fsp3) is 0.286. The van der Waals surface area contributed by atoms with Crippen LogP contribution in [0.15, 0.2) is 34.1 Å². The summed E-state index contributed by atoms with van der Waals surface area (Å²) in [6, 6.07) is 7.51. The first-order valence-corrected chi connectivity index (χ1v) is 7.62. The molecule has 0 aliphatic carbocycles. The summed E-state index contributed by atoms with van der Waals surface area (Å²) < 4.78 is 12.4. The van der Waals surface area contributed by atoms with Gasteiger partial charge in [-0.25, -0.2) is 0 Å². The zero-order valence-corrected chi connectivity index (χ0v) is 13.0. The fourth-order valence-electron chi connectivity index (χ4n) is 1.62. The molecule has 1 aromatic heterocycles. The van der Waals surface area contributed by atoms with E-state index in [2.05, 4.69) is 15.9 Å². The van der Waals surface area contributed by atoms with E-state index in [1.165, 1.54) is 0 Å². The second-order valence-corrected chi connectivity index (χ2v) is 5.80. The van der Waals surface area contributed by atoms with Crippen LogP contribution in [0.5, 0.6) is 11.5 Å². The number of halogens is 1. The summed E-state index contributed by atoms with van der Waals surface area (Å²) >= 11 is 5.06. The normalized spacial score (nSPS) is 10.5. The lowest BCUT2D eigenvalue weighted by molar-refractivity contribution is 0.265. The summed E-state index contributed by atoms with van der Waals surface area (Å²) in [6.45, 7) is 2.99. The van der Waals surface area contributed by atoms with Gasteiger partial charge in [-0.05, 0) is 46.6 Å². The minimum absolute atomic E-state index is 0.00176. The highest BCUT2D eigenvalue weighted by atomic mass is 79.9.